The summed E-state index contributed by atoms with van der Waals surface area (Å²) in [5.41, 5.74) is 1.74. The molecule has 2 heterocycles. The molecule has 19 heavy (non-hydrogen) atoms. The molecule has 0 radical (unpaired) electrons. The van der Waals surface area contributed by atoms with Crippen LogP contribution in [-0.4, -0.2) is 38.4 Å². The fourth-order valence-corrected chi connectivity index (χ4v) is 2.46. The summed E-state index contributed by atoms with van der Waals surface area (Å²) in [4.78, 5) is 12.9. The Balaban J connectivity index is 0.00000133. The fourth-order valence-electron chi connectivity index (χ4n) is 2.46. The van der Waals surface area contributed by atoms with E-state index in [2.05, 4.69) is 10.3 Å². The summed E-state index contributed by atoms with van der Waals surface area (Å²) in [6.45, 7) is 1.20. The summed E-state index contributed by atoms with van der Waals surface area (Å²) in [6.07, 6.45) is 1.53. The van der Waals surface area contributed by atoms with Crippen molar-refractivity contribution in [1.29, 1.82) is 0 Å². The Morgan fingerprint density at radius 2 is 2.21 bits per heavy atom. The van der Waals surface area contributed by atoms with Gasteiger partial charge in [-0.1, -0.05) is 17.3 Å². The van der Waals surface area contributed by atoms with Gasteiger partial charge in [0, 0.05) is 6.54 Å². The van der Waals surface area contributed by atoms with Crippen LogP contribution in [0, 0.1) is 0 Å². The van der Waals surface area contributed by atoms with Crippen LogP contribution in [-0.2, 0) is 11.5 Å². The molecule has 1 saturated heterocycles. The second-order valence-corrected chi connectivity index (χ2v) is 4.51. The van der Waals surface area contributed by atoms with E-state index < -0.39 is 12.0 Å². The van der Waals surface area contributed by atoms with Crippen LogP contribution in [0.3, 0.4) is 0 Å². The van der Waals surface area contributed by atoms with E-state index in [9.17, 15) is 9.90 Å². The smallest absolute Gasteiger partial charge is 0.548 e. The number of carboxylic acid groups (broad SMARTS) is 1. The zero-order chi connectivity index (χ0) is 12.5. The van der Waals surface area contributed by atoms with Crippen LogP contribution in [0.25, 0.3) is 11.0 Å². The molecule has 1 aromatic heterocycles. The van der Waals surface area contributed by atoms with E-state index in [4.69, 9.17) is 0 Å². The average Bonchev–Trinajstić information content (AvgIpc) is 2.97. The largest absolute Gasteiger partial charge is 1.00 e. The van der Waals surface area contributed by atoms with E-state index in [1.807, 2.05) is 29.2 Å². The van der Waals surface area contributed by atoms with Crippen molar-refractivity contribution in [2.24, 2.45) is 0 Å². The number of nitrogens with zero attached hydrogens (tertiary/aromatic N) is 4. The van der Waals surface area contributed by atoms with Crippen LogP contribution >= 0.6 is 0 Å². The summed E-state index contributed by atoms with van der Waals surface area (Å²) >= 11 is 0. The molecule has 0 bridgehead atoms. The van der Waals surface area contributed by atoms with Gasteiger partial charge in [0.05, 0.1) is 24.2 Å². The van der Waals surface area contributed by atoms with Crippen LogP contribution in [0.15, 0.2) is 24.3 Å². The molecule has 0 unspecified atom stereocenters. The predicted octanol–water partition coefficient (Wildman–Crippen LogP) is -3.39. The van der Waals surface area contributed by atoms with Gasteiger partial charge in [-0.3, -0.25) is 4.90 Å². The van der Waals surface area contributed by atoms with Gasteiger partial charge in [0.15, 0.2) is 0 Å². The van der Waals surface area contributed by atoms with Crippen LogP contribution in [0.2, 0.25) is 0 Å². The van der Waals surface area contributed by atoms with Crippen molar-refractivity contribution >= 4 is 17.0 Å². The number of aliphatic carboxylic acids is 1. The molecule has 0 aliphatic carbocycles. The fraction of sp³-hybridized carbons (Fsp3) is 0.417. The Hall–Kier alpha value is -0.314. The molecule has 1 aromatic carbocycles. The summed E-state index contributed by atoms with van der Waals surface area (Å²) in [7, 11) is 0. The number of rotatable bonds is 3. The van der Waals surface area contributed by atoms with E-state index in [1.165, 1.54) is 0 Å². The molecule has 0 N–H and O–H groups in total. The first kappa shape index (κ1) is 15.1. The van der Waals surface area contributed by atoms with Crippen molar-refractivity contribution in [1.82, 2.24) is 19.9 Å². The molecular weight excluding hydrogens is 271 g/mol. The van der Waals surface area contributed by atoms with Crippen molar-refractivity contribution in [2.75, 3.05) is 6.54 Å². The van der Waals surface area contributed by atoms with Gasteiger partial charge in [0.25, 0.3) is 0 Å². The van der Waals surface area contributed by atoms with Crippen molar-refractivity contribution in [3.63, 3.8) is 0 Å². The number of aromatic nitrogens is 3. The van der Waals surface area contributed by atoms with E-state index in [1.54, 1.807) is 4.68 Å². The molecule has 1 aliphatic rings. The van der Waals surface area contributed by atoms with Crippen molar-refractivity contribution in [2.45, 2.75) is 25.6 Å². The van der Waals surface area contributed by atoms with E-state index in [-0.39, 0.29) is 51.4 Å². The van der Waals surface area contributed by atoms with Gasteiger partial charge in [-0.2, -0.15) is 0 Å². The van der Waals surface area contributed by atoms with Crippen LogP contribution in [0.5, 0.6) is 0 Å². The maximum absolute atomic E-state index is 11.0. The number of hydrogen-bond acceptors (Lipinski definition) is 5. The normalized spacial score (nSPS) is 19.5. The standard InChI is InChI=1S/C12H14N4O2.K/c17-12(18)11-6-3-7-15(11)8-16-10-5-2-1-4-9(10)13-14-16;/h1-2,4-5,11H,3,6-8H2,(H,17,18);/q;+1/p-1/t11-;/m0./s1. The second kappa shape index (κ2) is 6.42. The molecule has 3 rings (SSSR count). The SMILES string of the molecule is O=C([O-])[C@@H]1CCCN1Cn1nnc2ccccc21.[K+]. The quantitative estimate of drug-likeness (QED) is 0.550. The molecule has 0 spiro atoms. The van der Waals surface area contributed by atoms with Crippen molar-refractivity contribution in [3.05, 3.63) is 24.3 Å². The Morgan fingerprint density at radius 1 is 1.42 bits per heavy atom. The van der Waals surface area contributed by atoms with Gasteiger partial charge >= 0.3 is 51.4 Å². The first-order chi connectivity index (χ1) is 8.75. The van der Waals surface area contributed by atoms with Gasteiger partial charge < -0.3 is 9.90 Å². The molecule has 0 amide bonds. The monoisotopic (exact) mass is 284 g/mol. The minimum absolute atomic E-state index is 0. The average molecular weight is 284 g/mol. The topological polar surface area (TPSA) is 74.1 Å². The Morgan fingerprint density at radius 3 is 3.00 bits per heavy atom. The van der Waals surface area contributed by atoms with Gasteiger partial charge in [0.2, 0.25) is 0 Å². The molecule has 7 heteroatoms. The van der Waals surface area contributed by atoms with Gasteiger partial charge in [0.1, 0.15) is 5.52 Å². The summed E-state index contributed by atoms with van der Waals surface area (Å²) < 4.78 is 1.73. The maximum atomic E-state index is 11.0. The first-order valence-corrected chi connectivity index (χ1v) is 5.99. The number of benzene rings is 1. The van der Waals surface area contributed by atoms with Crippen LogP contribution in [0.4, 0.5) is 0 Å². The third-order valence-corrected chi connectivity index (χ3v) is 3.37. The Kier molecular flexibility index (Phi) is 5.10. The van der Waals surface area contributed by atoms with Crippen LogP contribution < -0.4 is 56.5 Å². The minimum atomic E-state index is -1.00. The van der Waals surface area contributed by atoms with E-state index in [0.29, 0.717) is 13.1 Å². The molecular formula is C12H13KN4O2. The number of hydrogen-bond donors (Lipinski definition) is 0. The molecule has 2 aromatic rings. The minimum Gasteiger partial charge on any atom is -0.548 e. The summed E-state index contributed by atoms with van der Waals surface area (Å²) in [6, 6.07) is 7.13. The molecule has 1 fully saturated rings. The third kappa shape index (κ3) is 3.06. The van der Waals surface area contributed by atoms with Crippen molar-refractivity contribution in [3.8, 4) is 0 Å². The van der Waals surface area contributed by atoms with Gasteiger partial charge in [-0.15, -0.1) is 5.10 Å². The number of carboxylic acids is 1. The summed E-state index contributed by atoms with van der Waals surface area (Å²) in [5.74, 6) is -1.00. The summed E-state index contributed by atoms with van der Waals surface area (Å²) in [5, 5.41) is 19.1. The first-order valence-electron chi connectivity index (χ1n) is 5.99. The zero-order valence-electron chi connectivity index (χ0n) is 10.8. The van der Waals surface area contributed by atoms with Crippen molar-refractivity contribution < 1.29 is 61.3 Å². The Labute approximate surface area is 153 Å². The molecule has 94 valence electrons. The molecule has 6 nitrogen and oxygen atoms in total. The number of carbonyl (C=O) groups excluding carboxylic acids is 1. The molecule has 1 atom stereocenters. The number of likely N-dealkylation sites (tertiary alicyclic amines) is 1. The van der Waals surface area contributed by atoms with E-state index in [0.717, 1.165) is 24.0 Å². The van der Waals surface area contributed by atoms with Gasteiger partial charge in [-0.25, -0.2) is 4.68 Å². The van der Waals surface area contributed by atoms with E-state index >= 15 is 0 Å². The molecule has 1 aliphatic heterocycles. The number of carbonyl (C=O) groups is 1. The predicted molar refractivity (Wildman–Crippen MR) is 62.3 cm³/mol. The number of fused-ring (bicyclic) bond motifs is 1. The zero-order valence-corrected chi connectivity index (χ0v) is 13.9. The second-order valence-electron chi connectivity index (χ2n) is 4.51. The van der Waals surface area contributed by atoms with Crippen LogP contribution in [0.1, 0.15) is 12.8 Å². The third-order valence-electron chi connectivity index (χ3n) is 3.37. The van der Waals surface area contributed by atoms with Gasteiger partial charge in [-0.05, 0) is 25.0 Å². The molecule has 0 saturated carbocycles. The Bertz CT molecular complexity index is 586. The number of para-hydroxylation sites is 1. The maximum Gasteiger partial charge on any atom is 1.00 e.